The van der Waals surface area contributed by atoms with Crippen LogP contribution < -0.4 is 5.73 Å². The number of carbonyl (C=O) groups excluding carboxylic acids is 1. The second-order valence-electron chi connectivity index (χ2n) is 4.93. The zero-order valence-corrected chi connectivity index (χ0v) is 11.7. The Kier molecular flexibility index (Phi) is 3.70. The normalized spacial score (nSPS) is 11.3. The summed E-state index contributed by atoms with van der Waals surface area (Å²) >= 11 is 0. The number of nitrogens with zero attached hydrogens (tertiary/aromatic N) is 2. The summed E-state index contributed by atoms with van der Waals surface area (Å²) in [6.07, 6.45) is 3.48. The lowest BCUT2D eigenvalue weighted by Crippen LogP contribution is -2.17. The van der Waals surface area contributed by atoms with Gasteiger partial charge >= 0.3 is 0 Å². The molecule has 0 saturated carbocycles. The van der Waals surface area contributed by atoms with Crippen molar-refractivity contribution in [3.05, 3.63) is 66.1 Å². The first-order valence-electron chi connectivity index (χ1n) is 6.79. The topological polar surface area (TPSA) is 60.4 Å². The average molecular weight is 295 g/mol. The van der Waals surface area contributed by atoms with E-state index in [1.807, 2.05) is 30.5 Å². The second kappa shape index (κ2) is 5.81. The molecule has 0 aliphatic heterocycles. The Morgan fingerprint density at radius 1 is 1.23 bits per heavy atom. The molecule has 4 nitrogen and oxygen atoms in total. The van der Waals surface area contributed by atoms with Crippen LogP contribution in [0.1, 0.15) is 5.56 Å². The molecule has 5 heteroatoms. The Balaban J connectivity index is 2.02. The summed E-state index contributed by atoms with van der Waals surface area (Å²) in [7, 11) is 0. The first kappa shape index (κ1) is 14.0. The Labute approximate surface area is 126 Å². The Bertz CT molecular complexity index is 867. The molecule has 3 rings (SSSR count). The van der Waals surface area contributed by atoms with Crippen molar-refractivity contribution in [3.8, 4) is 0 Å². The molecule has 0 spiro atoms. The van der Waals surface area contributed by atoms with E-state index in [1.54, 1.807) is 22.9 Å². The van der Waals surface area contributed by atoms with Gasteiger partial charge in [-0.3, -0.25) is 9.79 Å². The lowest BCUT2D eigenvalue weighted by molar-refractivity contribution is -0.118. The molecule has 0 radical (unpaired) electrons. The molecule has 0 fully saturated rings. The molecule has 0 aliphatic rings. The van der Waals surface area contributed by atoms with E-state index in [2.05, 4.69) is 4.99 Å². The minimum absolute atomic E-state index is 0.105. The SMILES string of the molecule is NC(=O)Cn1cc(C=Nc2cccc(F)c2)c2ccccc21. The van der Waals surface area contributed by atoms with E-state index in [4.69, 9.17) is 5.73 Å². The van der Waals surface area contributed by atoms with Crippen LogP contribution in [-0.2, 0) is 11.3 Å². The predicted molar refractivity (Wildman–Crippen MR) is 84.8 cm³/mol. The molecule has 2 aromatic carbocycles. The molecule has 0 unspecified atom stereocenters. The smallest absolute Gasteiger partial charge is 0.237 e. The Morgan fingerprint density at radius 2 is 2.05 bits per heavy atom. The summed E-state index contributed by atoms with van der Waals surface area (Å²) < 4.78 is 14.9. The third-order valence-corrected chi connectivity index (χ3v) is 3.31. The lowest BCUT2D eigenvalue weighted by Gasteiger charge is -2.00. The highest BCUT2D eigenvalue weighted by atomic mass is 19.1. The number of benzene rings is 2. The number of aliphatic imine (C=N–C) groups is 1. The summed E-state index contributed by atoms with van der Waals surface area (Å²) in [6.45, 7) is 0.105. The van der Waals surface area contributed by atoms with Crippen LogP contribution in [0.4, 0.5) is 10.1 Å². The molecule has 1 aromatic heterocycles. The van der Waals surface area contributed by atoms with Gasteiger partial charge in [0.1, 0.15) is 12.4 Å². The van der Waals surface area contributed by atoms with Crippen LogP contribution in [-0.4, -0.2) is 16.7 Å². The highest BCUT2D eigenvalue weighted by Gasteiger charge is 2.08. The van der Waals surface area contributed by atoms with Crippen molar-refractivity contribution in [1.82, 2.24) is 4.57 Å². The van der Waals surface area contributed by atoms with Crippen LogP contribution >= 0.6 is 0 Å². The van der Waals surface area contributed by atoms with Gasteiger partial charge in [-0.25, -0.2) is 4.39 Å². The van der Waals surface area contributed by atoms with E-state index >= 15 is 0 Å². The number of halogens is 1. The van der Waals surface area contributed by atoms with E-state index in [1.165, 1.54) is 12.1 Å². The van der Waals surface area contributed by atoms with E-state index in [0.717, 1.165) is 16.5 Å². The first-order valence-corrected chi connectivity index (χ1v) is 6.79. The van der Waals surface area contributed by atoms with Gasteiger partial charge in [-0.05, 0) is 24.3 Å². The van der Waals surface area contributed by atoms with E-state index in [-0.39, 0.29) is 12.4 Å². The minimum Gasteiger partial charge on any atom is -0.368 e. The summed E-state index contributed by atoms with van der Waals surface area (Å²) in [6, 6.07) is 13.7. The summed E-state index contributed by atoms with van der Waals surface area (Å²) in [5.41, 5.74) is 7.56. The van der Waals surface area contributed by atoms with Gasteiger partial charge in [0.2, 0.25) is 5.91 Å². The van der Waals surface area contributed by atoms with Gasteiger partial charge in [0, 0.05) is 28.9 Å². The van der Waals surface area contributed by atoms with Crippen molar-refractivity contribution in [3.63, 3.8) is 0 Å². The maximum Gasteiger partial charge on any atom is 0.237 e. The van der Waals surface area contributed by atoms with E-state index in [0.29, 0.717) is 5.69 Å². The highest BCUT2D eigenvalue weighted by molar-refractivity contribution is 6.00. The fourth-order valence-electron chi connectivity index (χ4n) is 2.38. The maximum atomic E-state index is 13.2. The van der Waals surface area contributed by atoms with Crippen molar-refractivity contribution in [2.75, 3.05) is 0 Å². The zero-order chi connectivity index (χ0) is 15.5. The third-order valence-electron chi connectivity index (χ3n) is 3.31. The molecule has 0 saturated heterocycles. The van der Waals surface area contributed by atoms with Crippen molar-refractivity contribution in [1.29, 1.82) is 0 Å². The quantitative estimate of drug-likeness (QED) is 0.739. The van der Waals surface area contributed by atoms with Crippen molar-refractivity contribution in [2.45, 2.75) is 6.54 Å². The molecule has 22 heavy (non-hydrogen) atoms. The fourth-order valence-corrected chi connectivity index (χ4v) is 2.38. The van der Waals surface area contributed by atoms with Crippen molar-refractivity contribution >= 4 is 28.7 Å². The molecule has 1 amide bonds. The second-order valence-corrected chi connectivity index (χ2v) is 4.93. The molecule has 2 N–H and O–H groups in total. The number of aromatic nitrogens is 1. The van der Waals surface area contributed by atoms with Gasteiger partial charge in [-0.1, -0.05) is 24.3 Å². The van der Waals surface area contributed by atoms with Crippen LogP contribution in [0.5, 0.6) is 0 Å². The Morgan fingerprint density at radius 3 is 2.82 bits per heavy atom. The van der Waals surface area contributed by atoms with Crippen LogP contribution in [0.3, 0.4) is 0 Å². The number of nitrogens with two attached hydrogens (primary N) is 1. The molecule has 0 bridgehead atoms. The van der Waals surface area contributed by atoms with Gasteiger partial charge in [-0.15, -0.1) is 0 Å². The van der Waals surface area contributed by atoms with Crippen molar-refractivity contribution in [2.24, 2.45) is 10.7 Å². The van der Waals surface area contributed by atoms with Crippen LogP contribution in [0.25, 0.3) is 10.9 Å². The van der Waals surface area contributed by atoms with E-state index in [9.17, 15) is 9.18 Å². The number of fused-ring (bicyclic) bond motifs is 1. The van der Waals surface area contributed by atoms with Gasteiger partial charge in [0.05, 0.1) is 5.69 Å². The number of para-hydroxylation sites is 1. The molecule has 3 aromatic rings. The summed E-state index contributed by atoms with van der Waals surface area (Å²) in [5, 5.41) is 0.962. The Hall–Kier alpha value is -2.95. The molecular weight excluding hydrogens is 281 g/mol. The largest absolute Gasteiger partial charge is 0.368 e. The van der Waals surface area contributed by atoms with Crippen LogP contribution in [0.2, 0.25) is 0 Å². The number of primary amides is 1. The first-order chi connectivity index (χ1) is 10.6. The number of hydrogen-bond donors (Lipinski definition) is 1. The molecule has 0 aliphatic carbocycles. The van der Waals surface area contributed by atoms with Gasteiger partial charge in [0.25, 0.3) is 0 Å². The highest BCUT2D eigenvalue weighted by Crippen LogP contribution is 2.21. The average Bonchev–Trinajstić information content (AvgIpc) is 2.83. The number of hydrogen-bond acceptors (Lipinski definition) is 2. The lowest BCUT2D eigenvalue weighted by atomic mass is 10.2. The van der Waals surface area contributed by atoms with Gasteiger partial charge < -0.3 is 10.3 Å². The van der Waals surface area contributed by atoms with Gasteiger partial charge in [0.15, 0.2) is 0 Å². The van der Waals surface area contributed by atoms with Gasteiger partial charge in [-0.2, -0.15) is 0 Å². The molecule has 0 atom stereocenters. The summed E-state index contributed by atoms with van der Waals surface area (Å²) in [5.74, 6) is -0.736. The monoisotopic (exact) mass is 295 g/mol. The van der Waals surface area contributed by atoms with E-state index < -0.39 is 5.91 Å². The number of carbonyl (C=O) groups is 1. The maximum absolute atomic E-state index is 13.2. The van der Waals surface area contributed by atoms with Crippen molar-refractivity contribution < 1.29 is 9.18 Å². The number of rotatable bonds is 4. The molecule has 110 valence electrons. The zero-order valence-electron chi connectivity index (χ0n) is 11.7. The molecular formula is C17H14FN3O. The number of amides is 1. The third kappa shape index (κ3) is 2.88. The van der Waals surface area contributed by atoms with Crippen LogP contribution in [0.15, 0.2) is 59.7 Å². The minimum atomic E-state index is -0.408. The molecule has 1 heterocycles. The predicted octanol–water partition coefficient (Wildman–Crippen LogP) is 3.02. The summed E-state index contributed by atoms with van der Waals surface area (Å²) in [4.78, 5) is 15.4. The van der Waals surface area contributed by atoms with Crippen LogP contribution in [0, 0.1) is 5.82 Å². The fraction of sp³-hybridized carbons (Fsp3) is 0.0588. The standard InChI is InChI=1S/C17H14FN3O/c18-13-4-3-5-14(8-13)20-9-12-10-21(11-17(19)22)16-7-2-1-6-15(12)16/h1-10H,11H2,(H2,19,22).